The molecule has 0 saturated heterocycles. The van der Waals surface area contributed by atoms with E-state index in [-0.39, 0.29) is 13.2 Å². The van der Waals surface area contributed by atoms with Gasteiger partial charge in [-0.3, -0.25) is 0 Å². The number of ether oxygens (including phenoxy) is 4. The van der Waals surface area contributed by atoms with E-state index in [9.17, 15) is 10.2 Å². The van der Waals surface area contributed by atoms with Crippen molar-refractivity contribution in [3.63, 3.8) is 0 Å². The summed E-state index contributed by atoms with van der Waals surface area (Å²) in [6.07, 6.45) is 39.3. The Hall–Kier alpha value is -0.240. The summed E-state index contributed by atoms with van der Waals surface area (Å²) in [4.78, 5) is 0. The summed E-state index contributed by atoms with van der Waals surface area (Å²) < 4.78 is 22.7. The highest BCUT2D eigenvalue weighted by Crippen LogP contribution is 2.17. The number of hydrogen-bond acceptors (Lipinski definition) is 6. The first-order chi connectivity index (χ1) is 24.6. The lowest BCUT2D eigenvalue weighted by Crippen LogP contribution is -2.49. The fourth-order valence-corrected chi connectivity index (χ4v) is 7.03. The maximum Gasteiger partial charge on any atom is 0.111 e. The monoisotopic (exact) mass is 715 g/mol. The molecule has 0 aromatic rings. The maximum atomic E-state index is 11.0. The van der Waals surface area contributed by atoms with Gasteiger partial charge in [0.25, 0.3) is 0 Å². The van der Waals surface area contributed by atoms with Crippen molar-refractivity contribution < 1.29 is 29.2 Å². The molecule has 0 fully saturated rings. The Balaban J connectivity index is 3.90. The summed E-state index contributed by atoms with van der Waals surface area (Å²) in [6.45, 7) is 6.15. The van der Waals surface area contributed by atoms with Crippen LogP contribution in [0.2, 0.25) is 0 Å². The summed E-state index contributed by atoms with van der Waals surface area (Å²) in [5.74, 6) is 0. The second kappa shape index (κ2) is 41.5. The molecule has 0 amide bonds. The van der Waals surface area contributed by atoms with E-state index in [4.69, 9.17) is 18.9 Å². The molecule has 6 nitrogen and oxygen atoms in total. The molecular formula is C44H90O6. The number of rotatable bonds is 43. The highest BCUT2D eigenvalue weighted by atomic mass is 16.6. The molecule has 50 heavy (non-hydrogen) atoms. The van der Waals surface area contributed by atoms with E-state index in [1.54, 1.807) is 14.2 Å². The average Bonchev–Trinajstić information content (AvgIpc) is 3.12. The molecule has 4 atom stereocenters. The average molecular weight is 715 g/mol. The highest BCUT2D eigenvalue weighted by Gasteiger charge is 2.33. The Kier molecular flexibility index (Phi) is 41.3. The number of aliphatic hydroxyl groups is 2. The molecule has 0 aromatic carbocycles. The predicted octanol–water partition coefficient (Wildman–Crippen LogP) is 12.3. The minimum Gasteiger partial charge on any atom is -0.388 e. The molecule has 0 aliphatic carbocycles. The Morgan fingerprint density at radius 2 is 0.520 bits per heavy atom. The highest BCUT2D eigenvalue weighted by molar-refractivity contribution is 4.83. The molecule has 0 saturated carbocycles. The largest absolute Gasteiger partial charge is 0.388 e. The van der Waals surface area contributed by atoms with E-state index >= 15 is 0 Å². The van der Waals surface area contributed by atoms with Gasteiger partial charge in [-0.25, -0.2) is 0 Å². The van der Waals surface area contributed by atoms with Gasteiger partial charge in [0.05, 0.1) is 13.2 Å². The van der Waals surface area contributed by atoms with Crippen molar-refractivity contribution in [1.82, 2.24) is 0 Å². The van der Waals surface area contributed by atoms with Crippen LogP contribution in [0.1, 0.15) is 219 Å². The van der Waals surface area contributed by atoms with Crippen LogP contribution in [-0.4, -0.2) is 75.3 Å². The fraction of sp³-hybridized carbons (Fsp3) is 1.00. The molecule has 302 valence electrons. The number of hydrogen-bond donors (Lipinski definition) is 2. The number of unbranched alkanes of at least 4 members (excludes halogenated alkanes) is 30. The van der Waals surface area contributed by atoms with E-state index in [1.165, 1.54) is 180 Å². The van der Waals surface area contributed by atoms with Crippen LogP contribution >= 0.6 is 0 Å². The van der Waals surface area contributed by atoms with Crippen molar-refractivity contribution in [2.45, 2.75) is 244 Å². The van der Waals surface area contributed by atoms with Crippen molar-refractivity contribution >= 4 is 0 Å². The van der Waals surface area contributed by atoms with Crippen molar-refractivity contribution in [3.8, 4) is 0 Å². The summed E-state index contributed by atoms with van der Waals surface area (Å²) in [5, 5.41) is 22.0. The lowest BCUT2D eigenvalue weighted by Gasteiger charge is -2.31. The Labute approximate surface area is 312 Å². The van der Waals surface area contributed by atoms with Crippen LogP contribution in [-0.2, 0) is 18.9 Å². The topological polar surface area (TPSA) is 77.4 Å². The quantitative estimate of drug-likeness (QED) is 0.0612. The summed E-state index contributed by atoms with van der Waals surface area (Å²) >= 11 is 0. The smallest absolute Gasteiger partial charge is 0.111 e. The number of aliphatic hydroxyl groups excluding tert-OH is 2. The SMILES string of the molecule is CCCCCCCCCCCCCCCCCCO[C@H](COC)[C@@H](O)[C@H](O)[C@@H](COC)OCCCCCCCCCCCCCCCCCC. The van der Waals surface area contributed by atoms with Crippen molar-refractivity contribution in [3.05, 3.63) is 0 Å². The summed E-state index contributed by atoms with van der Waals surface area (Å²) in [6, 6.07) is 0. The first-order valence-electron chi connectivity index (χ1n) is 22.2. The van der Waals surface area contributed by atoms with Gasteiger partial charge in [0.15, 0.2) is 0 Å². The second-order valence-electron chi connectivity index (χ2n) is 15.3. The van der Waals surface area contributed by atoms with Gasteiger partial charge in [-0.1, -0.05) is 206 Å². The van der Waals surface area contributed by atoms with Crippen LogP contribution in [0.25, 0.3) is 0 Å². The van der Waals surface area contributed by atoms with Gasteiger partial charge in [-0.2, -0.15) is 0 Å². The zero-order chi connectivity index (χ0) is 36.6. The van der Waals surface area contributed by atoms with Crippen LogP contribution in [0.4, 0.5) is 0 Å². The van der Waals surface area contributed by atoms with Gasteiger partial charge in [0.2, 0.25) is 0 Å². The van der Waals surface area contributed by atoms with E-state index in [1.807, 2.05) is 0 Å². The molecular weight excluding hydrogens is 624 g/mol. The lowest BCUT2D eigenvalue weighted by atomic mass is 10.0. The van der Waals surface area contributed by atoms with Gasteiger partial charge in [-0.05, 0) is 12.8 Å². The zero-order valence-electron chi connectivity index (χ0n) is 34.3. The predicted molar refractivity (Wildman–Crippen MR) is 214 cm³/mol. The van der Waals surface area contributed by atoms with E-state index in [0.29, 0.717) is 13.2 Å². The summed E-state index contributed by atoms with van der Waals surface area (Å²) in [5.41, 5.74) is 0. The summed E-state index contributed by atoms with van der Waals surface area (Å²) in [7, 11) is 3.20. The first kappa shape index (κ1) is 49.8. The van der Waals surface area contributed by atoms with Crippen LogP contribution in [0.15, 0.2) is 0 Å². The Bertz CT molecular complexity index is 567. The van der Waals surface area contributed by atoms with Crippen molar-refractivity contribution in [2.75, 3.05) is 40.6 Å². The molecule has 0 aromatic heterocycles. The van der Waals surface area contributed by atoms with Crippen LogP contribution in [0.5, 0.6) is 0 Å². The third kappa shape index (κ3) is 33.6. The molecule has 2 N–H and O–H groups in total. The third-order valence-corrected chi connectivity index (χ3v) is 10.4. The maximum absolute atomic E-state index is 11.0. The molecule has 0 spiro atoms. The van der Waals surface area contributed by atoms with Gasteiger partial charge in [0.1, 0.15) is 24.4 Å². The molecule has 0 aliphatic rings. The molecule has 6 heteroatoms. The molecule has 0 bridgehead atoms. The van der Waals surface area contributed by atoms with Crippen LogP contribution in [0, 0.1) is 0 Å². The molecule has 0 unspecified atom stereocenters. The third-order valence-electron chi connectivity index (χ3n) is 10.4. The van der Waals surface area contributed by atoms with E-state index in [0.717, 1.165) is 25.7 Å². The normalized spacial score (nSPS) is 14.3. The van der Waals surface area contributed by atoms with Crippen LogP contribution < -0.4 is 0 Å². The van der Waals surface area contributed by atoms with E-state index in [2.05, 4.69) is 13.8 Å². The minimum absolute atomic E-state index is 0.232. The van der Waals surface area contributed by atoms with E-state index < -0.39 is 24.4 Å². The molecule has 0 aliphatic heterocycles. The zero-order valence-corrected chi connectivity index (χ0v) is 34.3. The van der Waals surface area contributed by atoms with Crippen molar-refractivity contribution in [1.29, 1.82) is 0 Å². The van der Waals surface area contributed by atoms with Gasteiger partial charge >= 0.3 is 0 Å². The minimum atomic E-state index is -1.10. The van der Waals surface area contributed by atoms with Crippen molar-refractivity contribution in [2.24, 2.45) is 0 Å². The molecule has 0 rings (SSSR count). The van der Waals surface area contributed by atoms with Gasteiger partial charge in [-0.15, -0.1) is 0 Å². The standard InChI is InChI=1S/C44H90O6/c1-5-7-9-11-13-15-17-19-21-23-25-27-29-31-33-35-37-49-41(39-47-3)43(45)44(46)42(40-48-4)50-38-36-34-32-30-28-26-24-22-20-18-16-14-12-10-8-6-2/h41-46H,5-40H2,1-4H3/t41-,42-,43-,44-/m1/s1. The Morgan fingerprint density at radius 1 is 0.320 bits per heavy atom. The molecule has 0 heterocycles. The Morgan fingerprint density at radius 3 is 0.720 bits per heavy atom. The van der Waals surface area contributed by atoms with Gasteiger partial charge < -0.3 is 29.2 Å². The number of methoxy groups -OCH3 is 2. The fourth-order valence-electron chi connectivity index (χ4n) is 7.03. The second-order valence-corrected chi connectivity index (χ2v) is 15.3. The van der Waals surface area contributed by atoms with Crippen LogP contribution in [0.3, 0.4) is 0 Å². The first-order valence-corrected chi connectivity index (χ1v) is 22.2. The lowest BCUT2D eigenvalue weighted by molar-refractivity contribution is -0.159. The van der Waals surface area contributed by atoms with Gasteiger partial charge in [0, 0.05) is 27.4 Å². The molecule has 0 radical (unpaired) electrons.